The third-order valence-corrected chi connectivity index (χ3v) is 6.43. The number of likely N-dealkylation sites (N-methyl/N-ethyl adjacent to an activating group) is 1. The van der Waals surface area contributed by atoms with Gasteiger partial charge in [-0.05, 0) is 50.0 Å². The van der Waals surface area contributed by atoms with Gasteiger partial charge in [-0.1, -0.05) is 32.9 Å². The lowest BCUT2D eigenvalue weighted by atomic mass is 9.93. The van der Waals surface area contributed by atoms with Crippen LogP contribution in [0.1, 0.15) is 45.6 Å². The Bertz CT molecular complexity index is 629. The fourth-order valence-electron chi connectivity index (χ4n) is 3.15. The van der Waals surface area contributed by atoms with Crippen LogP contribution in [0.2, 0.25) is 0 Å². The smallest absolute Gasteiger partial charge is 0.211 e. The molecule has 0 amide bonds. The second-order valence-corrected chi connectivity index (χ2v) is 9.15. The summed E-state index contributed by atoms with van der Waals surface area (Å²) < 4.78 is 32.9. The van der Waals surface area contributed by atoms with Crippen LogP contribution in [0, 0.1) is 5.92 Å². The zero-order valence-corrected chi connectivity index (χ0v) is 16.7. The second kappa shape index (κ2) is 9.01. The Kier molecular flexibility index (Phi) is 7.28. The zero-order chi connectivity index (χ0) is 18.4. The monoisotopic (exact) mass is 368 g/mol. The Hall–Kier alpha value is -1.11. The molecule has 1 aromatic rings. The first kappa shape index (κ1) is 20.2. The number of nitrogens with one attached hydrogen (secondary N) is 1. The highest BCUT2D eigenvalue weighted by molar-refractivity contribution is 7.89. The predicted molar refractivity (Wildman–Crippen MR) is 103 cm³/mol. The summed E-state index contributed by atoms with van der Waals surface area (Å²) in [5.41, 5.74) is 1.29. The van der Waals surface area contributed by atoms with Crippen LogP contribution in [0.25, 0.3) is 0 Å². The van der Waals surface area contributed by atoms with Crippen molar-refractivity contribution in [2.75, 3.05) is 32.0 Å². The Morgan fingerprint density at radius 3 is 2.48 bits per heavy atom. The minimum Gasteiger partial charge on any atom is -0.493 e. The number of likely N-dealkylation sites (tertiary alicyclic amines) is 1. The molecule has 2 atom stereocenters. The number of rotatable bonds is 8. The molecule has 1 saturated heterocycles. The number of hydrogen-bond acceptors (Lipinski definition) is 4. The van der Waals surface area contributed by atoms with E-state index in [4.69, 9.17) is 4.74 Å². The van der Waals surface area contributed by atoms with Gasteiger partial charge in [0, 0.05) is 18.5 Å². The van der Waals surface area contributed by atoms with E-state index < -0.39 is 10.0 Å². The molecule has 1 heterocycles. The van der Waals surface area contributed by atoms with Gasteiger partial charge in [-0.3, -0.25) is 0 Å². The van der Waals surface area contributed by atoms with Gasteiger partial charge < -0.3 is 9.64 Å². The topological polar surface area (TPSA) is 58.6 Å². The summed E-state index contributed by atoms with van der Waals surface area (Å²) in [6, 6.07) is 8.10. The van der Waals surface area contributed by atoms with Gasteiger partial charge in [0.15, 0.2) is 0 Å². The SMILES string of the molecule is CCN1CC[C@@H](COc2ccc(C(C)C)cc2)[C@H](NS(=O)(=O)CC)C1. The third-order valence-electron chi connectivity index (χ3n) is 5.01. The third kappa shape index (κ3) is 5.97. The molecule has 0 bridgehead atoms. The molecule has 1 aliphatic rings. The molecule has 5 nitrogen and oxygen atoms in total. The van der Waals surface area contributed by atoms with E-state index in [1.165, 1.54) is 5.56 Å². The summed E-state index contributed by atoms with van der Waals surface area (Å²) >= 11 is 0. The molecule has 25 heavy (non-hydrogen) atoms. The van der Waals surface area contributed by atoms with Crippen molar-refractivity contribution in [3.63, 3.8) is 0 Å². The highest BCUT2D eigenvalue weighted by atomic mass is 32.2. The van der Waals surface area contributed by atoms with Crippen molar-refractivity contribution in [2.45, 2.75) is 46.1 Å². The van der Waals surface area contributed by atoms with Crippen molar-refractivity contribution in [1.82, 2.24) is 9.62 Å². The Morgan fingerprint density at radius 1 is 1.24 bits per heavy atom. The molecule has 0 saturated carbocycles. The standard InChI is InChI=1S/C19H32N2O3S/c1-5-21-12-11-17(19(13-21)20-25(22,23)6-2)14-24-18-9-7-16(8-10-18)15(3)4/h7-10,15,17,19-20H,5-6,11-14H2,1-4H3/t17-,19+/m0/s1. The maximum atomic E-state index is 12.0. The molecule has 1 N–H and O–H groups in total. The summed E-state index contributed by atoms with van der Waals surface area (Å²) in [6.07, 6.45) is 0.939. The number of nitrogens with zero attached hydrogens (tertiary/aromatic N) is 1. The van der Waals surface area contributed by atoms with Gasteiger partial charge in [0.1, 0.15) is 5.75 Å². The second-order valence-electron chi connectivity index (χ2n) is 7.10. The van der Waals surface area contributed by atoms with Crippen molar-refractivity contribution in [3.8, 4) is 5.75 Å². The van der Waals surface area contributed by atoms with E-state index in [1.807, 2.05) is 12.1 Å². The largest absolute Gasteiger partial charge is 0.493 e. The van der Waals surface area contributed by atoms with Gasteiger partial charge in [-0.25, -0.2) is 13.1 Å². The first-order valence-corrected chi connectivity index (χ1v) is 10.9. The zero-order valence-electron chi connectivity index (χ0n) is 15.9. The molecule has 142 valence electrons. The van der Waals surface area contributed by atoms with Crippen molar-refractivity contribution >= 4 is 10.0 Å². The van der Waals surface area contributed by atoms with E-state index in [2.05, 4.69) is 42.5 Å². The van der Waals surface area contributed by atoms with Crippen molar-refractivity contribution < 1.29 is 13.2 Å². The van der Waals surface area contributed by atoms with Crippen LogP contribution in [0.5, 0.6) is 5.75 Å². The van der Waals surface area contributed by atoms with Crippen LogP contribution in [0.15, 0.2) is 24.3 Å². The van der Waals surface area contributed by atoms with Gasteiger partial charge in [0.25, 0.3) is 0 Å². The minimum atomic E-state index is -3.21. The average Bonchev–Trinajstić information content (AvgIpc) is 2.60. The van der Waals surface area contributed by atoms with E-state index in [9.17, 15) is 8.42 Å². The molecule has 1 aliphatic heterocycles. The molecular weight excluding hydrogens is 336 g/mol. The molecule has 0 aliphatic carbocycles. The molecule has 1 fully saturated rings. The quantitative estimate of drug-likeness (QED) is 0.766. The number of sulfonamides is 1. The van der Waals surface area contributed by atoms with Crippen molar-refractivity contribution in [1.29, 1.82) is 0 Å². The maximum Gasteiger partial charge on any atom is 0.211 e. The molecule has 6 heteroatoms. The minimum absolute atomic E-state index is 0.0893. The van der Waals surface area contributed by atoms with Crippen molar-refractivity contribution in [3.05, 3.63) is 29.8 Å². The van der Waals surface area contributed by atoms with Crippen LogP contribution in [-0.4, -0.2) is 51.4 Å². The van der Waals surface area contributed by atoms with Gasteiger partial charge in [0.05, 0.1) is 12.4 Å². The summed E-state index contributed by atoms with van der Waals surface area (Å²) in [4.78, 5) is 2.29. The fraction of sp³-hybridized carbons (Fsp3) is 0.684. The average molecular weight is 369 g/mol. The van der Waals surface area contributed by atoms with Crippen LogP contribution in [0.4, 0.5) is 0 Å². The molecule has 0 aromatic heterocycles. The maximum absolute atomic E-state index is 12.0. The van der Waals surface area contributed by atoms with Gasteiger partial charge >= 0.3 is 0 Å². The van der Waals surface area contributed by atoms with E-state index >= 15 is 0 Å². The molecule has 0 unspecified atom stereocenters. The van der Waals surface area contributed by atoms with Crippen LogP contribution >= 0.6 is 0 Å². The van der Waals surface area contributed by atoms with E-state index in [0.29, 0.717) is 12.5 Å². The molecule has 0 radical (unpaired) electrons. The molecule has 2 rings (SSSR count). The number of piperidine rings is 1. The van der Waals surface area contributed by atoms with Crippen LogP contribution in [-0.2, 0) is 10.0 Å². The van der Waals surface area contributed by atoms with Gasteiger partial charge in [-0.15, -0.1) is 0 Å². The summed E-state index contributed by atoms with van der Waals surface area (Å²) in [5.74, 6) is 1.65. The fourth-order valence-corrected chi connectivity index (χ4v) is 4.05. The van der Waals surface area contributed by atoms with E-state index in [0.717, 1.165) is 31.8 Å². The Labute approximate surface area is 152 Å². The van der Waals surface area contributed by atoms with Crippen molar-refractivity contribution in [2.24, 2.45) is 5.92 Å². The molecule has 0 spiro atoms. The van der Waals surface area contributed by atoms with E-state index in [1.54, 1.807) is 6.92 Å². The normalized spacial score (nSPS) is 22.3. The summed E-state index contributed by atoms with van der Waals surface area (Å²) in [6.45, 7) is 11.3. The summed E-state index contributed by atoms with van der Waals surface area (Å²) in [5, 5.41) is 0. The number of benzene rings is 1. The van der Waals surface area contributed by atoms with Crippen LogP contribution < -0.4 is 9.46 Å². The molecule has 1 aromatic carbocycles. The summed E-state index contributed by atoms with van der Waals surface area (Å²) in [7, 11) is -3.21. The Morgan fingerprint density at radius 2 is 1.92 bits per heavy atom. The Balaban J connectivity index is 1.99. The first-order chi connectivity index (χ1) is 11.8. The van der Waals surface area contributed by atoms with Gasteiger partial charge in [0.2, 0.25) is 10.0 Å². The highest BCUT2D eigenvalue weighted by Crippen LogP contribution is 2.22. The number of ether oxygens (including phenoxy) is 1. The van der Waals surface area contributed by atoms with Crippen LogP contribution in [0.3, 0.4) is 0 Å². The highest BCUT2D eigenvalue weighted by Gasteiger charge is 2.31. The molecular formula is C19H32N2O3S. The number of hydrogen-bond donors (Lipinski definition) is 1. The van der Waals surface area contributed by atoms with E-state index in [-0.39, 0.29) is 17.7 Å². The lowest BCUT2D eigenvalue weighted by molar-refractivity contribution is 0.117. The lowest BCUT2D eigenvalue weighted by Crippen LogP contribution is -2.54. The predicted octanol–water partition coefficient (Wildman–Crippen LogP) is 2.84. The first-order valence-electron chi connectivity index (χ1n) is 9.29. The lowest BCUT2D eigenvalue weighted by Gasteiger charge is -2.38. The van der Waals surface area contributed by atoms with Gasteiger partial charge in [-0.2, -0.15) is 0 Å².